The maximum atomic E-state index is 5.78. The Balaban J connectivity index is 2.76. The number of dihydropyridines is 1. The molecule has 56 valence electrons. The van der Waals surface area contributed by atoms with Crippen LogP contribution >= 0.6 is 27.5 Å². The Hall–Kier alpha value is -0.150. The second-order valence-electron chi connectivity index (χ2n) is 1.82. The van der Waals surface area contributed by atoms with Gasteiger partial charge in [0, 0.05) is 10.6 Å². The Morgan fingerprint density at radius 2 is 2.50 bits per heavy atom. The molecule has 1 heterocycles. The van der Waals surface area contributed by atoms with E-state index in [1.165, 1.54) is 0 Å². The Morgan fingerprint density at radius 1 is 1.80 bits per heavy atom. The fraction of sp³-hybridized carbons (Fsp3) is 0.333. The van der Waals surface area contributed by atoms with E-state index in [2.05, 4.69) is 21.2 Å². The van der Waals surface area contributed by atoms with Crippen LogP contribution in [0.4, 0.5) is 0 Å². The molecule has 1 aliphatic heterocycles. The van der Waals surface area contributed by atoms with E-state index in [4.69, 9.17) is 16.3 Å². The lowest BCUT2D eigenvalue weighted by Crippen LogP contribution is -2.19. The van der Waals surface area contributed by atoms with Gasteiger partial charge in [-0.05, 0) is 0 Å². The summed E-state index contributed by atoms with van der Waals surface area (Å²) in [4.78, 5) is 0. The van der Waals surface area contributed by atoms with Crippen molar-refractivity contribution in [3.8, 4) is 0 Å². The van der Waals surface area contributed by atoms with Crippen LogP contribution in [-0.4, -0.2) is 13.7 Å². The van der Waals surface area contributed by atoms with Crippen molar-refractivity contribution >= 4 is 27.5 Å². The van der Waals surface area contributed by atoms with Gasteiger partial charge < -0.3 is 10.1 Å². The van der Waals surface area contributed by atoms with Crippen molar-refractivity contribution in [2.24, 2.45) is 0 Å². The summed E-state index contributed by atoms with van der Waals surface area (Å²) in [6.45, 7) is 0.693. The third-order valence-electron chi connectivity index (χ3n) is 1.15. The second kappa shape index (κ2) is 3.30. The van der Waals surface area contributed by atoms with E-state index >= 15 is 0 Å². The van der Waals surface area contributed by atoms with Crippen LogP contribution in [0.15, 0.2) is 21.5 Å². The number of ether oxygens (including phenoxy) is 1. The molecule has 0 bridgehead atoms. The minimum absolute atomic E-state index is 0.690. The molecule has 0 amide bonds. The smallest absolute Gasteiger partial charge is 0.188 e. The maximum absolute atomic E-state index is 5.78. The lowest BCUT2D eigenvalue weighted by Gasteiger charge is -2.14. The van der Waals surface area contributed by atoms with Gasteiger partial charge in [0.15, 0.2) is 5.88 Å². The second-order valence-corrected chi connectivity index (χ2v) is 3.18. The first-order chi connectivity index (χ1) is 4.74. The molecule has 0 saturated carbocycles. The van der Waals surface area contributed by atoms with Gasteiger partial charge in [-0.1, -0.05) is 27.5 Å². The average molecular weight is 224 g/mol. The van der Waals surface area contributed by atoms with Gasteiger partial charge in [-0.25, -0.2) is 0 Å². The van der Waals surface area contributed by atoms with Crippen LogP contribution in [0, 0.1) is 0 Å². The van der Waals surface area contributed by atoms with Crippen LogP contribution in [0.25, 0.3) is 0 Å². The number of hydrogen-bond donors (Lipinski definition) is 1. The summed E-state index contributed by atoms with van der Waals surface area (Å²) in [5.41, 5.74) is 0. The Bertz CT molecular complexity index is 200. The highest BCUT2D eigenvalue weighted by molar-refractivity contribution is 9.11. The van der Waals surface area contributed by atoms with Crippen LogP contribution in [0.2, 0.25) is 0 Å². The summed E-state index contributed by atoms with van der Waals surface area (Å²) in [5.74, 6) is 0.702. The maximum Gasteiger partial charge on any atom is 0.188 e. The van der Waals surface area contributed by atoms with Gasteiger partial charge >= 0.3 is 0 Å². The van der Waals surface area contributed by atoms with Crippen molar-refractivity contribution in [3.05, 3.63) is 21.5 Å². The first-order valence-electron chi connectivity index (χ1n) is 2.77. The largest absolute Gasteiger partial charge is 0.482 e. The molecule has 0 aromatic heterocycles. The standard InChI is InChI=1S/C6H7BrClNO/c1-10-6-2-5(8)4(7)3-9-6/h2,9H,3H2,1H3. The lowest BCUT2D eigenvalue weighted by atomic mass is 10.4. The molecule has 1 N–H and O–H groups in total. The Labute approximate surface area is 73.0 Å². The third-order valence-corrected chi connectivity index (χ3v) is 2.43. The molecule has 2 nitrogen and oxygen atoms in total. The zero-order chi connectivity index (χ0) is 7.56. The summed E-state index contributed by atoms with van der Waals surface area (Å²) >= 11 is 9.07. The molecule has 0 spiro atoms. The van der Waals surface area contributed by atoms with E-state index in [0.717, 1.165) is 4.48 Å². The fourth-order valence-corrected chi connectivity index (χ4v) is 1.05. The number of nitrogens with one attached hydrogen (secondary N) is 1. The molecular weight excluding hydrogens is 217 g/mol. The summed E-state index contributed by atoms with van der Waals surface area (Å²) in [6, 6.07) is 0. The van der Waals surface area contributed by atoms with E-state index in [0.29, 0.717) is 17.5 Å². The molecule has 0 saturated heterocycles. The molecule has 0 aromatic carbocycles. The molecule has 1 aliphatic rings. The predicted molar refractivity (Wildman–Crippen MR) is 44.9 cm³/mol. The van der Waals surface area contributed by atoms with Gasteiger partial charge in [-0.15, -0.1) is 0 Å². The lowest BCUT2D eigenvalue weighted by molar-refractivity contribution is 0.263. The van der Waals surface area contributed by atoms with E-state index in [9.17, 15) is 0 Å². The summed E-state index contributed by atoms with van der Waals surface area (Å²) in [7, 11) is 1.60. The molecule has 0 unspecified atom stereocenters. The number of allylic oxidation sites excluding steroid dienone is 2. The molecule has 0 fully saturated rings. The molecule has 4 heteroatoms. The SMILES string of the molecule is COC1=CC(Cl)=C(Br)CN1. The zero-order valence-corrected chi connectivity index (χ0v) is 7.79. The molecule has 0 atom stereocenters. The van der Waals surface area contributed by atoms with E-state index < -0.39 is 0 Å². The third kappa shape index (κ3) is 1.67. The first kappa shape index (κ1) is 7.95. The topological polar surface area (TPSA) is 21.3 Å². The number of hydrogen-bond acceptors (Lipinski definition) is 2. The van der Waals surface area contributed by atoms with E-state index in [-0.39, 0.29) is 0 Å². The van der Waals surface area contributed by atoms with Crippen molar-refractivity contribution in [3.63, 3.8) is 0 Å². The van der Waals surface area contributed by atoms with Crippen molar-refractivity contribution in [2.75, 3.05) is 13.7 Å². The van der Waals surface area contributed by atoms with Gasteiger partial charge in [0.2, 0.25) is 0 Å². The number of halogens is 2. The van der Waals surface area contributed by atoms with Crippen molar-refractivity contribution in [2.45, 2.75) is 0 Å². The van der Waals surface area contributed by atoms with Crippen LogP contribution in [0.1, 0.15) is 0 Å². The minimum atomic E-state index is 0.690. The summed E-state index contributed by atoms with van der Waals surface area (Å²) < 4.78 is 5.87. The normalized spacial score (nSPS) is 18.1. The highest BCUT2D eigenvalue weighted by Gasteiger charge is 2.07. The Kier molecular flexibility index (Phi) is 2.63. The number of rotatable bonds is 1. The van der Waals surface area contributed by atoms with Crippen molar-refractivity contribution in [1.82, 2.24) is 5.32 Å². The monoisotopic (exact) mass is 223 g/mol. The molecule has 0 aliphatic carbocycles. The minimum Gasteiger partial charge on any atom is -0.482 e. The predicted octanol–water partition coefficient (Wildman–Crippen LogP) is 1.92. The van der Waals surface area contributed by atoms with Crippen LogP contribution in [-0.2, 0) is 4.74 Å². The van der Waals surface area contributed by atoms with Gasteiger partial charge in [0.1, 0.15) is 0 Å². The fourth-order valence-electron chi connectivity index (χ4n) is 0.625. The molecule has 0 aromatic rings. The van der Waals surface area contributed by atoms with Gasteiger partial charge in [0.05, 0.1) is 18.7 Å². The highest BCUT2D eigenvalue weighted by atomic mass is 79.9. The van der Waals surface area contributed by atoms with Crippen LogP contribution in [0.3, 0.4) is 0 Å². The van der Waals surface area contributed by atoms with Crippen molar-refractivity contribution < 1.29 is 4.74 Å². The first-order valence-corrected chi connectivity index (χ1v) is 3.95. The molecule has 1 rings (SSSR count). The van der Waals surface area contributed by atoms with Gasteiger partial charge in [-0.2, -0.15) is 0 Å². The zero-order valence-electron chi connectivity index (χ0n) is 5.45. The quantitative estimate of drug-likeness (QED) is 0.735. The van der Waals surface area contributed by atoms with Crippen molar-refractivity contribution in [1.29, 1.82) is 0 Å². The van der Waals surface area contributed by atoms with Gasteiger partial charge in [-0.3, -0.25) is 0 Å². The molecular formula is C6H7BrClNO. The van der Waals surface area contributed by atoms with Crippen LogP contribution in [0.5, 0.6) is 0 Å². The summed E-state index contributed by atoms with van der Waals surface area (Å²) in [5, 5.41) is 3.69. The van der Waals surface area contributed by atoms with E-state index in [1.807, 2.05) is 0 Å². The Morgan fingerprint density at radius 3 is 3.00 bits per heavy atom. The average Bonchev–Trinajstić information content (AvgIpc) is 1.95. The molecule has 10 heavy (non-hydrogen) atoms. The van der Waals surface area contributed by atoms with Gasteiger partial charge in [0.25, 0.3) is 0 Å². The highest BCUT2D eigenvalue weighted by Crippen LogP contribution is 2.21. The van der Waals surface area contributed by atoms with E-state index in [1.54, 1.807) is 13.2 Å². The van der Waals surface area contributed by atoms with Crippen LogP contribution < -0.4 is 5.32 Å². The summed E-state index contributed by atoms with van der Waals surface area (Å²) in [6.07, 6.45) is 1.73. The molecule has 0 radical (unpaired) electrons. The number of methoxy groups -OCH3 is 1.